The maximum Gasteiger partial charge on any atom is 0.335 e. The number of hydrogen-bond acceptors (Lipinski definition) is 4. The molecule has 1 atom stereocenters. The van der Waals surface area contributed by atoms with Crippen molar-refractivity contribution in [3.05, 3.63) is 91.2 Å². The van der Waals surface area contributed by atoms with Gasteiger partial charge in [0.1, 0.15) is 5.56 Å². The second-order valence-corrected chi connectivity index (χ2v) is 8.03. The van der Waals surface area contributed by atoms with Gasteiger partial charge in [-0.25, -0.2) is 9.36 Å². The molecule has 2 aromatic carbocycles. The first kappa shape index (κ1) is 19.7. The van der Waals surface area contributed by atoms with Crippen LogP contribution in [0.3, 0.4) is 0 Å². The van der Waals surface area contributed by atoms with Gasteiger partial charge in [-0.05, 0) is 36.7 Å². The molecule has 1 aliphatic rings. The van der Waals surface area contributed by atoms with Gasteiger partial charge in [-0.3, -0.25) is 14.7 Å². The number of rotatable bonds is 3. The smallest absolute Gasteiger partial charge is 0.335 e. The van der Waals surface area contributed by atoms with Crippen molar-refractivity contribution < 1.29 is 5.11 Å². The summed E-state index contributed by atoms with van der Waals surface area (Å²) in [5, 5.41) is 12.6. The Morgan fingerprint density at radius 1 is 1.10 bits per heavy atom. The van der Waals surface area contributed by atoms with E-state index in [2.05, 4.69) is 20.9 Å². The summed E-state index contributed by atoms with van der Waals surface area (Å²) in [6, 6.07) is 14.2. The SMILES string of the molecule is CCN1CCc2c([nH]c3ccccc23)C1c1c(O)n(-c2ccccc2Cl)c(=O)[nH]c1=O. The quantitative estimate of drug-likeness (QED) is 0.459. The Hall–Kier alpha value is -3.29. The van der Waals surface area contributed by atoms with Crippen molar-refractivity contribution >= 4 is 22.5 Å². The van der Waals surface area contributed by atoms with E-state index < -0.39 is 23.2 Å². The van der Waals surface area contributed by atoms with Gasteiger partial charge < -0.3 is 10.1 Å². The van der Waals surface area contributed by atoms with Gasteiger partial charge in [0.05, 0.1) is 16.8 Å². The van der Waals surface area contributed by atoms with Crippen LogP contribution in [0.25, 0.3) is 16.6 Å². The fraction of sp³-hybridized carbons (Fsp3) is 0.217. The van der Waals surface area contributed by atoms with Crippen LogP contribution < -0.4 is 11.2 Å². The van der Waals surface area contributed by atoms with E-state index in [-0.39, 0.29) is 5.56 Å². The zero-order valence-electron chi connectivity index (χ0n) is 16.9. The Morgan fingerprint density at radius 3 is 2.61 bits per heavy atom. The van der Waals surface area contributed by atoms with Gasteiger partial charge in [-0.15, -0.1) is 0 Å². The van der Waals surface area contributed by atoms with Gasteiger partial charge in [-0.1, -0.05) is 48.9 Å². The molecule has 1 aliphatic heterocycles. The number of benzene rings is 2. The zero-order valence-corrected chi connectivity index (χ0v) is 17.6. The molecular weight excluding hydrogens is 416 g/mol. The number of nitrogens with one attached hydrogen (secondary N) is 2. The van der Waals surface area contributed by atoms with Crippen LogP contribution in [0, 0.1) is 0 Å². The predicted molar refractivity (Wildman–Crippen MR) is 120 cm³/mol. The maximum atomic E-state index is 13.0. The van der Waals surface area contributed by atoms with Crippen LogP contribution in [0.2, 0.25) is 5.02 Å². The average Bonchev–Trinajstić information content (AvgIpc) is 3.14. The standard InChI is InChI=1S/C23H21ClN4O3/c1-2-27-12-11-14-13-7-3-5-9-16(13)25-19(14)20(27)18-21(29)26-23(31)28(22(18)30)17-10-6-4-8-15(17)24/h3-10,20,25,30H,2,11-12H2,1H3,(H,26,29,31). The lowest BCUT2D eigenvalue weighted by Crippen LogP contribution is -2.41. The highest BCUT2D eigenvalue weighted by Crippen LogP contribution is 2.39. The van der Waals surface area contributed by atoms with Gasteiger partial charge in [0.2, 0.25) is 5.88 Å². The van der Waals surface area contributed by atoms with E-state index >= 15 is 0 Å². The van der Waals surface area contributed by atoms with Crippen LogP contribution >= 0.6 is 11.6 Å². The molecule has 0 bridgehead atoms. The fourth-order valence-corrected chi connectivity index (χ4v) is 4.82. The molecule has 0 spiro atoms. The summed E-state index contributed by atoms with van der Waals surface area (Å²) in [4.78, 5) is 33.6. The molecule has 0 amide bonds. The third-order valence-corrected chi connectivity index (χ3v) is 6.35. The van der Waals surface area contributed by atoms with Gasteiger partial charge in [-0.2, -0.15) is 0 Å². The number of fused-ring (bicyclic) bond motifs is 3. The zero-order chi connectivity index (χ0) is 21.7. The Labute approximate surface area is 182 Å². The van der Waals surface area contributed by atoms with Crippen LogP contribution in [-0.4, -0.2) is 37.6 Å². The number of hydrogen-bond donors (Lipinski definition) is 3. The van der Waals surface area contributed by atoms with Crippen molar-refractivity contribution in [2.75, 3.05) is 13.1 Å². The summed E-state index contributed by atoms with van der Waals surface area (Å²) in [5.41, 5.74) is 2.04. The molecule has 5 rings (SSSR count). The largest absolute Gasteiger partial charge is 0.494 e. The molecule has 0 saturated heterocycles. The number of likely N-dealkylation sites (N-methyl/N-ethyl adjacent to an activating group) is 1. The van der Waals surface area contributed by atoms with Crippen molar-refractivity contribution in [1.82, 2.24) is 19.4 Å². The van der Waals surface area contributed by atoms with E-state index in [0.717, 1.165) is 39.7 Å². The first-order valence-corrected chi connectivity index (χ1v) is 10.6. The highest BCUT2D eigenvalue weighted by Gasteiger charge is 2.35. The topological polar surface area (TPSA) is 94.1 Å². The van der Waals surface area contributed by atoms with E-state index in [9.17, 15) is 14.7 Å². The Morgan fingerprint density at radius 2 is 1.84 bits per heavy atom. The van der Waals surface area contributed by atoms with Crippen LogP contribution in [0.5, 0.6) is 5.88 Å². The van der Waals surface area contributed by atoms with Crippen molar-refractivity contribution in [3.8, 4) is 11.6 Å². The second-order valence-electron chi connectivity index (χ2n) is 7.63. The lowest BCUT2D eigenvalue weighted by Gasteiger charge is -2.35. The summed E-state index contributed by atoms with van der Waals surface area (Å²) in [5.74, 6) is -0.406. The van der Waals surface area contributed by atoms with E-state index in [1.165, 1.54) is 0 Å². The van der Waals surface area contributed by atoms with Crippen molar-refractivity contribution in [2.45, 2.75) is 19.4 Å². The first-order valence-electron chi connectivity index (χ1n) is 10.2. The molecule has 4 aromatic rings. The third-order valence-electron chi connectivity index (χ3n) is 6.03. The number of aromatic nitrogens is 3. The van der Waals surface area contributed by atoms with E-state index in [1.807, 2.05) is 25.1 Å². The molecule has 0 radical (unpaired) electrons. The summed E-state index contributed by atoms with van der Waals surface area (Å²) in [7, 11) is 0. The molecular formula is C23H21ClN4O3. The average molecular weight is 437 g/mol. The summed E-state index contributed by atoms with van der Waals surface area (Å²) >= 11 is 6.29. The number of nitrogens with zero attached hydrogens (tertiary/aromatic N) is 2. The monoisotopic (exact) mass is 436 g/mol. The number of para-hydroxylation sites is 2. The lowest BCUT2D eigenvalue weighted by atomic mass is 9.93. The lowest BCUT2D eigenvalue weighted by molar-refractivity contribution is 0.215. The van der Waals surface area contributed by atoms with Crippen molar-refractivity contribution in [2.24, 2.45) is 0 Å². The number of H-pyrrole nitrogens is 2. The minimum atomic E-state index is -0.741. The van der Waals surface area contributed by atoms with Gasteiger partial charge >= 0.3 is 5.69 Å². The highest BCUT2D eigenvalue weighted by molar-refractivity contribution is 6.32. The van der Waals surface area contributed by atoms with E-state index in [4.69, 9.17) is 11.6 Å². The van der Waals surface area contributed by atoms with Gasteiger partial charge in [0, 0.05) is 23.1 Å². The molecule has 0 fully saturated rings. The molecule has 1 unspecified atom stereocenters. The molecule has 31 heavy (non-hydrogen) atoms. The van der Waals surface area contributed by atoms with Gasteiger partial charge in [0.25, 0.3) is 5.56 Å². The predicted octanol–water partition coefficient (Wildman–Crippen LogP) is 3.33. The molecule has 158 valence electrons. The molecule has 8 heteroatoms. The highest BCUT2D eigenvalue weighted by atomic mass is 35.5. The normalized spacial score (nSPS) is 16.5. The molecule has 0 saturated carbocycles. The molecule has 7 nitrogen and oxygen atoms in total. The Balaban J connectivity index is 1.81. The second kappa shape index (κ2) is 7.44. The van der Waals surface area contributed by atoms with Gasteiger partial charge in [0.15, 0.2) is 0 Å². The third kappa shape index (κ3) is 3.00. The van der Waals surface area contributed by atoms with Crippen molar-refractivity contribution in [1.29, 1.82) is 0 Å². The summed E-state index contributed by atoms with van der Waals surface area (Å²) in [6.45, 7) is 3.40. The number of aromatic amines is 2. The molecule has 2 aromatic heterocycles. The first-order chi connectivity index (χ1) is 15.0. The number of halogens is 1. The minimum Gasteiger partial charge on any atom is -0.494 e. The summed E-state index contributed by atoms with van der Waals surface area (Å²) in [6.07, 6.45) is 0.826. The van der Waals surface area contributed by atoms with E-state index in [0.29, 0.717) is 17.3 Å². The Bertz CT molecular complexity index is 1420. The maximum absolute atomic E-state index is 13.0. The molecule has 3 N–H and O–H groups in total. The van der Waals surface area contributed by atoms with Crippen LogP contribution in [-0.2, 0) is 6.42 Å². The van der Waals surface area contributed by atoms with Crippen LogP contribution in [0.1, 0.15) is 29.8 Å². The molecule has 0 aliphatic carbocycles. The van der Waals surface area contributed by atoms with E-state index in [1.54, 1.807) is 24.3 Å². The van der Waals surface area contributed by atoms with Crippen molar-refractivity contribution in [3.63, 3.8) is 0 Å². The number of aromatic hydroxyl groups is 1. The Kier molecular flexibility index (Phi) is 4.72. The minimum absolute atomic E-state index is 0.119. The fourth-order valence-electron chi connectivity index (χ4n) is 4.60. The molecule has 3 heterocycles. The summed E-state index contributed by atoms with van der Waals surface area (Å²) < 4.78 is 1.06. The van der Waals surface area contributed by atoms with Crippen LogP contribution in [0.15, 0.2) is 58.1 Å². The van der Waals surface area contributed by atoms with Crippen LogP contribution in [0.4, 0.5) is 0 Å².